The molecule has 0 saturated heterocycles. The molecule has 84 valence electrons. The second kappa shape index (κ2) is 5.19. The summed E-state index contributed by atoms with van der Waals surface area (Å²) >= 11 is 0. The molecule has 1 aliphatic rings. The molecule has 0 radical (unpaired) electrons. The van der Waals surface area contributed by atoms with Gasteiger partial charge in [0, 0.05) is 0 Å². The third-order valence-corrected chi connectivity index (χ3v) is 4.73. The van der Waals surface area contributed by atoms with Crippen LogP contribution in [0.25, 0.3) is 0 Å². The first-order valence-corrected chi connectivity index (χ1v) is 6.57. The first-order valence-electron chi connectivity index (χ1n) is 6.57. The van der Waals surface area contributed by atoms with Gasteiger partial charge in [0.1, 0.15) is 0 Å². The zero-order valence-corrected chi connectivity index (χ0v) is 10.7. The highest BCUT2D eigenvalue weighted by Crippen LogP contribution is 2.44. The van der Waals surface area contributed by atoms with E-state index in [4.69, 9.17) is 0 Å². The molecule has 14 heavy (non-hydrogen) atoms. The molecule has 1 saturated carbocycles. The highest BCUT2D eigenvalue weighted by atomic mass is 14.4. The van der Waals surface area contributed by atoms with Crippen LogP contribution in [0.3, 0.4) is 0 Å². The Morgan fingerprint density at radius 2 is 1.57 bits per heavy atom. The molecule has 0 heteroatoms. The molecule has 0 spiro atoms. The predicted octanol–water partition coefficient (Wildman–Crippen LogP) is 4.74. The van der Waals surface area contributed by atoms with E-state index in [1.54, 1.807) is 0 Å². The molecule has 0 aromatic heterocycles. The Bertz CT molecular complexity index is 159. The highest BCUT2D eigenvalue weighted by Gasteiger charge is 2.34. The fourth-order valence-electron chi connectivity index (χ4n) is 3.17. The molecule has 0 N–H and O–H groups in total. The molecule has 4 atom stereocenters. The first-order chi connectivity index (χ1) is 6.57. The molecule has 4 unspecified atom stereocenters. The van der Waals surface area contributed by atoms with Crippen LogP contribution in [0, 0.1) is 29.6 Å². The zero-order valence-electron chi connectivity index (χ0n) is 10.7. The topological polar surface area (TPSA) is 0 Å². The summed E-state index contributed by atoms with van der Waals surface area (Å²) in [5.74, 6) is 4.78. The zero-order chi connectivity index (χ0) is 10.7. The van der Waals surface area contributed by atoms with E-state index in [1.807, 2.05) is 0 Å². The van der Waals surface area contributed by atoms with Crippen LogP contribution in [0.2, 0.25) is 0 Å². The SMILES string of the molecule is CCC(C)C1CCCC1C(C)C(C)C. The summed E-state index contributed by atoms with van der Waals surface area (Å²) in [6.07, 6.45) is 5.84. The van der Waals surface area contributed by atoms with Crippen molar-refractivity contribution >= 4 is 0 Å². The minimum atomic E-state index is 0.865. The number of hydrogen-bond donors (Lipinski definition) is 0. The largest absolute Gasteiger partial charge is 0.0651 e. The van der Waals surface area contributed by atoms with Gasteiger partial charge in [0.25, 0.3) is 0 Å². The third-order valence-electron chi connectivity index (χ3n) is 4.73. The second-order valence-corrected chi connectivity index (χ2v) is 5.75. The Hall–Kier alpha value is 0. The van der Waals surface area contributed by atoms with Crippen molar-refractivity contribution in [2.24, 2.45) is 29.6 Å². The predicted molar refractivity (Wildman–Crippen MR) is 64.3 cm³/mol. The van der Waals surface area contributed by atoms with E-state index in [0.717, 1.165) is 29.6 Å². The van der Waals surface area contributed by atoms with Crippen molar-refractivity contribution in [3.05, 3.63) is 0 Å². The molecule has 0 amide bonds. The Balaban J connectivity index is 2.58. The van der Waals surface area contributed by atoms with Crippen LogP contribution in [0.5, 0.6) is 0 Å². The first kappa shape index (κ1) is 12.1. The van der Waals surface area contributed by atoms with E-state index in [0.29, 0.717) is 0 Å². The average molecular weight is 196 g/mol. The summed E-state index contributed by atoms with van der Waals surface area (Å²) in [6.45, 7) is 12.0. The van der Waals surface area contributed by atoms with Crippen molar-refractivity contribution < 1.29 is 0 Å². The van der Waals surface area contributed by atoms with E-state index in [1.165, 1.54) is 25.7 Å². The quantitative estimate of drug-likeness (QED) is 0.609. The smallest absolute Gasteiger partial charge is 0.0355 e. The lowest BCUT2D eigenvalue weighted by Gasteiger charge is -2.32. The van der Waals surface area contributed by atoms with Crippen LogP contribution in [0.15, 0.2) is 0 Å². The Labute approximate surface area is 90.5 Å². The van der Waals surface area contributed by atoms with Crippen LogP contribution in [-0.2, 0) is 0 Å². The normalized spacial score (nSPS) is 32.1. The summed E-state index contributed by atoms with van der Waals surface area (Å²) in [7, 11) is 0. The van der Waals surface area contributed by atoms with E-state index in [9.17, 15) is 0 Å². The van der Waals surface area contributed by atoms with Crippen molar-refractivity contribution in [3.8, 4) is 0 Å². The molecule has 1 aliphatic carbocycles. The van der Waals surface area contributed by atoms with Gasteiger partial charge in [-0.2, -0.15) is 0 Å². The molecule has 0 heterocycles. The molecular formula is C14H28. The molecule has 0 nitrogen and oxygen atoms in total. The molecule has 0 aromatic rings. The lowest BCUT2D eigenvalue weighted by molar-refractivity contribution is 0.173. The molecule has 0 aliphatic heterocycles. The Morgan fingerprint density at radius 1 is 1.00 bits per heavy atom. The fraction of sp³-hybridized carbons (Fsp3) is 1.00. The molecule has 1 fully saturated rings. The van der Waals surface area contributed by atoms with Gasteiger partial charge in [-0.15, -0.1) is 0 Å². The van der Waals surface area contributed by atoms with Gasteiger partial charge >= 0.3 is 0 Å². The van der Waals surface area contributed by atoms with Crippen LogP contribution >= 0.6 is 0 Å². The van der Waals surface area contributed by atoms with Gasteiger partial charge in [-0.3, -0.25) is 0 Å². The van der Waals surface area contributed by atoms with Gasteiger partial charge in [-0.1, -0.05) is 47.5 Å². The van der Waals surface area contributed by atoms with E-state index in [2.05, 4.69) is 34.6 Å². The van der Waals surface area contributed by atoms with Crippen LogP contribution in [0.1, 0.15) is 60.3 Å². The van der Waals surface area contributed by atoms with Crippen LogP contribution in [0.4, 0.5) is 0 Å². The summed E-state index contributed by atoms with van der Waals surface area (Å²) in [5.41, 5.74) is 0. The van der Waals surface area contributed by atoms with Gasteiger partial charge in [-0.25, -0.2) is 0 Å². The monoisotopic (exact) mass is 196 g/mol. The lowest BCUT2D eigenvalue weighted by Crippen LogP contribution is -2.25. The summed E-state index contributed by atoms with van der Waals surface area (Å²) in [4.78, 5) is 0. The minimum Gasteiger partial charge on any atom is -0.0651 e. The van der Waals surface area contributed by atoms with Crippen molar-refractivity contribution in [2.45, 2.75) is 60.3 Å². The number of hydrogen-bond acceptors (Lipinski definition) is 0. The van der Waals surface area contributed by atoms with Gasteiger partial charge in [0.15, 0.2) is 0 Å². The standard InChI is InChI=1S/C14H28/c1-6-11(4)13-8-7-9-14(13)12(5)10(2)3/h10-14H,6-9H2,1-5H3. The second-order valence-electron chi connectivity index (χ2n) is 5.75. The average Bonchev–Trinajstić information content (AvgIpc) is 2.63. The molecule has 0 bridgehead atoms. The summed E-state index contributed by atoms with van der Waals surface area (Å²) in [5, 5.41) is 0. The maximum Gasteiger partial charge on any atom is -0.0355 e. The van der Waals surface area contributed by atoms with E-state index < -0.39 is 0 Å². The lowest BCUT2D eigenvalue weighted by atomic mass is 9.74. The molecular weight excluding hydrogens is 168 g/mol. The summed E-state index contributed by atoms with van der Waals surface area (Å²) in [6, 6.07) is 0. The van der Waals surface area contributed by atoms with E-state index >= 15 is 0 Å². The van der Waals surface area contributed by atoms with Gasteiger partial charge in [0.2, 0.25) is 0 Å². The summed E-state index contributed by atoms with van der Waals surface area (Å²) < 4.78 is 0. The maximum absolute atomic E-state index is 2.47. The molecule has 1 rings (SSSR count). The van der Waals surface area contributed by atoms with Gasteiger partial charge in [-0.05, 0) is 42.4 Å². The van der Waals surface area contributed by atoms with Crippen molar-refractivity contribution in [2.75, 3.05) is 0 Å². The van der Waals surface area contributed by atoms with Crippen LogP contribution in [-0.4, -0.2) is 0 Å². The van der Waals surface area contributed by atoms with Gasteiger partial charge in [0.05, 0.1) is 0 Å². The minimum absolute atomic E-state index is 0.865. The third kappa shape index (κ3) is 2.52. The van der Waals surface area contributed by atoms with E-state index in [-0.39, 0.29) is 0 Å². The Kier molecular flexibility index (Phi) is 4.47. The van der Waals surface area contributed by atoms with Crippen molar-refractivity contribution in [1.82, 2.24) is 0 Å². The van der Waals surface area contributed by atoms with Crippen molar-refractivity contribution in [3.63, 3.8) is 0 Å². The number of rotatable bonds is 4. The van der Waals surface area contributed by atoms with Gasteiger partial charge < -0.3 is 0 Å². The Morgan fingerprint density at radius 3 is 2.07 bits per heavy atom. The maximum atomic E-state index is 2.47. The van der Waals surface area contributed by atoms with Crippen molar-refractivity contribution in [1.29, 1.82) is 0 Å². The highest BCUT2D eigenvalue weighted by molar-refractivity contribution is 4.84. The molecule has 0 aromatic carbocycles. The van der Waals surface area contributed by atoms with Crippen LogP contribution < -0.4 is 0 Å². The fourth-order valence-corrected chi connectivity index (χ4v) is 3.17.